The number of hydrogen-bond acceptors (Lipinski definition) is 5. The van der Waals surface area contributed by atoms with E-state index < -0.39 is 34.3 Å². The van der Waals surface area contributed by atoms with Crippen LogP contribution in [-0.2, 0) is 4.74 Å². The highest BCUT2D eigenvalue weighted by atomic mass is 79.9. The molecule has 6 nitrogen and oxygen atoms in total. The summed E-state index contributed by atoms with van der Waals surface area (Å²) >= 11 is 2.81. The Morgan fingerprint density at radius 2 is 2.28 bits per heavy atom. The average Bonchev–Trinajstić information content (AvgIpc) is 2.27. The Bertz CT molecular complexity index is 496. The predicted molar refractivity (Wildman–Crippen MR) is 59.5 cm³/mol. The molecular formula is C9H7BrF2N2O4. The quantitative estimate of drug-likeness (QED) is 0.368. The second kappa shape index (κ2) is 5.80. The monoisotopic (exact) mass is 324 g/mol. The predicted octanol–water partition coefficient (Wildman–Crippen LogP) is 2.87. The standard InChI is InChI=1S/C9H7BrF2N2O4/c1-2-18-9(15)4-3-5(10)13-6(8(11)12)7(4)14(16)17/h3,8H,2H2,1H3. The second-order valence-corrected chi connectivity index (χ2v) is 3.82. The van der Waals surface area contributed by atoms with Crippen LogP contribution < -0.4 is 0 Å². The highest BCUT2D eigenvalue weighted by molar-refractivity contribution is 9.10. The first-order chi connectivity index (χ1) is 8.38. The van der Waals surface area contributed by atoms with Crippen LogP contribution in [0.3, 0.4) is 0 Å². The Balaban J connectivity index is 3.48. The van der Waals surface area contributed by atoms with Gasteiger partial charge in [-0.25, -0.2) is 18.6 Å². The van der Waals surface area contributed by atoms with Gasteiger partial charge in [0.15, 0.2) is 5.69 Å². The van der Waals surface area contributed by atoms with Crippen molar-refractivity contribution >= 4 is 27.6 Å². The molecule has 1 aromatic heterocycles. The van der Waals surface area contributed by atoms with Gasteiger partial charge in [0.1, 0.15) is 10.2 Å². The number of pyridine rings is 1. The summed E-state index contributed by atoms with van der Waals surface area (Å²) < 4.78 is 29.8. The summed E-state index contributed by atoms with van der Waals surface area (Å²) in [6, 6.07) is 0.974. The van der Waals surface area contributed by atoms with E-state index in [0.717, 1.165) is 6.07 Å². The number of esters is 1. The molecule has 0 unspecified atom stereocenters. The van der Waals surface area contributed by atoms with Gasteiger partial charge in [0.25, 0.3) is 6.43 Å². The summed E-state index contributed by atoms with van der Waals surface area (Å²) in [4.78, 5) is 24.5. The SMILES string of the molecule is CCOC(=O)c1cc(Br)nc(C(F)F)c1[N+](=O)[O-]. The average molecular weight is 325 g/mol. The maximum absolute atomic E-state index is 12.7. The molecule has 0 aromatic carbocycles. The number of alkyl halides is 2. The molecule has 98 valence electrons. The van der Waals surface area contributed by atoms with Crippen LogP contribution >= 0.6 is 15.9 Å². The number of carbonyl (C=O) groups is 1. The van der Waals surface area contributed by atoms with Crippen molar-refractivity contribution < 1.29 is 23.2 Å². The fourth-order valence-electron chi connectivity index (χ4n) is 1.23. The van der Waals surface area contributed by atoms with Gasteiger partial charge in [0.05, 0.1) is 11.5 Å². The summed E-state index contributed by atoms with van der Waals surface area (Å²) in [5, 5.41) is 10.8. The fourth-order valence-corrected chi connectivity index (χ4v) is 1.65. The van der Waals surface area contributed by atoms with Crippen molar-refractivity contribution in [3.63, 3.8) is 0 Å². The van der Waals surface area contributed by atoms with Gasteiger partial charge in [-0.3, -0.25) is 10.1 Å². The summed E-state index contributed by atoms with van der Waals surface area (Å²) in [5.41, 5.74) is -2.66. The van der Waals surface area contributed by atoms with Crippen LogP contribution in [0.4, 0.5) is 14.5 Å². The zero-order valence-electron chi connectivity index (χ0n) is 9.02. The first-order valence-corrected chi connectivity index (χ1v) is 5.47. The van der Waals surface area contributed by atoms with Crippen molar-refractivity contribution in [2.75, 3.05) is 6.61 Å². The molecule has 0 bridgehead atoms. The molecule has 0 radical (unpaired) electrons. The Morgan fingerprint density at radius 3 is 2.72 bits per heavy atom. The normalized spacial score (nSPS) is 10.5. The van der Waals surface area contributed by atoms with E-state index in [1.165, 1.54) is 6.92 Å². The number of carbonyl (C=O) groups excluding carboxylic acids is 1. The van der Waals surface area contributed by atoms with Crippen molar-refractivity contribution in [1.29, 1.82) is 0 Å². The number of aromatic nitrogens is 1. The van der Waals surface area contributed by atoms with Crippen LogP contribution in [0.5, 0.6) is 0 Å². The van der Waals surface area contributed by atoms with Crippen molar-refractivity contribution in [3.05, 3.63) is 32.0 Å². The summed E-state index contributed by atoms with van der Waals surface area (Å²) in [6.07, 6.45) is -3.17. The largest absolute Gasteiger partial charge is 0.462 e. The molecule has 1 rings (SSSR count). The highest BCUT2D eigenvalue weighted by Gasteiger charge is 2.32. The molecule has 0 fully saturated rings. The highest BCUT2D eigenvalue weighted by Crippen LogP contribution is 2.32. The number of ether oxygens (including phenoxy) is 1. The molecule has 0 aliphatic heterocycles. The Labute approximate surface area is 108 Å². The second-order valence-electron chi connectivity index (χ2n) is 3.00. The van der Waals surface area contributed by atoms with Gasteiger partial charge in [-0.05, 0) is 28.9 Å². The van der Waals surface area contributed by atoms with E-state index in [1.807, 2.05) is 0 Å². The molecule has 1 heterocycles. The van der Waals surface area contributed by atoms with E-state index in [4.69, 9.17) is 0 Å². The Hall–Kier alpha value is -1.64. The van der Waals surface area contributed by atoms with E-state index in [2.05, 4.69) is 25.7 Å². The minimum atomic E-state index is -3.17. The van der Waals surface area contributed by atoms with E-state index >= 15 is 0 Å². The van der Waals surface area contributed by atoms with Crippen LogP contribution in [0.25, 0.3) is 0 Å². The first kappa shape index (κ1) is 14.4. The summed E-state index contributed by atoms with van der Waals surface area (Å²) in [7, 11) is 0. The van der Waals surface area contributed by atoms with Gasteiger partial charge in [-0.15, -0.1) is 0 Å². The number of nitro groups is 1. The van der Waals surface area contributed by atoms with Gasteiger partial charge in [-0.2, -0.15) is 0 Å². The molecule has 0 amide bonds. The molecular weight excluding hydrogens is 318 g/mol. The van der Waals surface area contributed by atoms with Crippen LogP contribution in [0.2, 0.25) is 0 Å². The van der Waals surface area contributed by atoms with Crippen LogP contribution in [-0.4, -0.2) is 22.5 Å². The lowest BCUT2D eigenvalue weighted by Gasteiger charge is -2.07. The molecule has 0 N–H and O–H groups in total. The lowest BCUT2D eigenvalue weighted by atomic mass is 10.2. The van der Waals surface area contributed by atoms with Crippen LogP contribution in [0, 0.1) is 10.1 Å². The van der Waals surface area contributed by atoms with Gasteiger partial charge < -0.3 is 4.74 Å². The Morgan fingerprint density at radius 1 is 1.67 bits per heavy atom. The molecule has 0 saturated heterocycles. The lowest BCUT2D eigenvalue weighted by Crippen LogP contribution is -2.11. The van der Waals surface area contributed by atoms with Crippen molar-refractivity contribution in [1.82, 2.24) is 4.98 Å². The zero-order chi connectivity index (χ0) is 13.9. The van der Waals surface area contributed by atoms with E-state index in [1.54, 1.807) is 0 Å². The van der Waals surface area contributed by atoms with E-state index in [0.29, 0.717) is 0 Å². The molecule has 0 spiro atoms. The number of nitrogens with zero attached hydrogens (tertiary/aromatic N) is 2. The van der Waals surface area contributed by atoms with E-state index in [-0.39, 0.29) is 11.2 Å². The van der Waals surface area contributed by atoms with Gasteiger partial charge in [-0.1, -0.05) is 0 Å². The molecule has 9 heteroatoms. The van der Waals surface area contributed by atoms with Crippen molar-refractivity contribution in [2.24, 2.45) is 0 Å². The van der Waals surface area contributed by atoms with Crippen LogP contribution in [0.1, 0.15) is 29.4 Å². The Kier molecular flexibility index (Phi) is 4.65. The third kappa shape index (κ3) is 2.97. The topological polar surface area (TPSA) is 82.3 Å². The van der Waals surface area contributed by atoms with Gasteiger partial charge in [0.2, 0.25) is 0 Å². The molecule has 0 aliphatic rings. The maximum Gasteiger partial charge on any atom is 0.345 e. The third-order valence-electron chi connectivity index (χ3n) is 1.87. The number of halogens is 3. The maximum atomic E-state index is 12.7. The third-order valence-corrected chi connectivity index (χ3v) is 2.28. The van der Waals surface area contributed by atoms with Crippen molar-refractivity contribution in [3.8, 4) is 0 Å². The lowest BCUT2D eigenvalue weighted by molar-refractivity contribution is -0.387. The summed E-state index contributed by atoms with van der Waals surface area (Å²) in [5.74, 6) is -1.05. The minimum Gasteiger partial charge on any atom is -0.462 e. The van der Waals surface area contributed by atoms with Crippen molar-refractivity contribution in [2.45, 2.75) is 13.3 Å². The number of hydrogen-bond donors (Lipinski definition) is 0. The van der Waals surface area contributed by atoms with Crippen LogP contribution in [0.15, 0.2) is 10.7 Å². The molecule has 0 atom stereocenters. The van der Waals surface area contributed by atoms with E-state index in [9.17, 15) is 23.7 Å². The molecule has 1 aromatic rings. The fraction of sp³-hybridized carbons (Fsp3) is 0.333. The molecule has 0 saturated carbocycles. The van der Waals surface area contributed by atoms with Gasteiger partial charge >= 0.3 is 11.7 Å². The minimum absolute atomic E-state index is 0.0278. The first-order valence-electron chi connectivity index (χ1n) is 4.68. The number of rotatable bonds is 4. The van der Waals surface area contributed by atoms with Gasteiger partial charge in [0, 0.05) is 0 Å². The molecule has 0 aliphatic carbocycles. The smallest absolute Gasteiger partial charge is 0.345 e. The zero-order valence-corrected chi connectivity index (χ0v) is 10.6. The summed E-state index contributed by atoms with van der Waals surface area (Å²) in [6.45, 7) is 1.47. The molecule has 18 heavy (non-hydrogen) atoms.